The van der Waals surface area contributed by atoms with E-state index in [1.54, 1.807) is 25.1 Å². The third-order valence-corrected chi connectivity index (χ3v) is 7.75. The van der Waals surface area contributed by atoms with Gasteiger partial charge in [0.25, 0.3) is 0 Å². The first-order chi connectivity index (χ1) is 16.8. The molecule has 0 radical (unpaired) electrons. The molecule has 0 unspecified atom stereocenters. The molecule has 192 valence electrons. The number of hydrogen-bond donors (Lipinski definition) is 5. The molecule has 1 aromatic carbocycles. The van der Waals surface area contributed by atoms with Gasteiger partial charge in [0.2, 0.25) is 0 Å². The molecule has 10 nitrogen and oxygen atoms in total. The van der Waals surface area contributed by atoms with Gasteiger partial charge in [0.15, 0.2) is 0 Å². The summed E-state index contributed by atoms with van der Waals surface area (Å²) in [6.45, 7) is 0.0705. The molecule has 0 aromatic heterocycles. The van der Waals surface area contributed by atoms with Crippen molar-refractivity contribution in [2.75, 3.05) is 40.2 Å². The number of carbonyl (C=O) groups excluding carboxylic acids is 2. The fourth-order valence-electron chi connectivity index (χ4n) is 6.18. The van der Waals surface area contributed by atoms with E-state index in [1.807, 2.05) is 19.0 Å². The van der Waals surface area contributed by atoms with Crippen molar-refractivity contribution in [1.82, 2.24) is 4.90 Å². The molecule has 0 saturated heterocycles. The number of primary amides is 1. The van der Waals surface area contributed by atoms with Crippen LogP contribution < -0.4 is 10.6 Å². The van der Waals surface area contributed by atoms with Gasteiger partial charge in [-0.25, -0.2) is 0 Å². The monoisotopic (exact) mass is 497 g/mol. The molecule has 0 heterocycles. The van der Waals surface area contributed by atoms with Gasteiger partial charge in [-0.3, -0.25) is 0 Å². The second-order valence-corrected chi connectivity index (χ2v) is 10.2. The van der Waals surface area contributed by atoms with Gasteiger partial charge in [-0.1, -0.05) is 0 Å². The Balaban J connectivity index is 1.99. The van der Waals surface area contributed by atoms with E-state index >= 15 is 0 Å². The van der Waals surface area contributed by atoms with Crippen LogP contribution in [-0.2, 0) is 22.6 Å². The van der Waals surface area contributed by atoms with Gasteiger partial charge in [-0.05, 0) is 0 Å². The Morgan fingerprint density at radius 3 is 2.42 bits per heavy atom. The topological polar surface area (TPSA) is 157 Å². The van der Waals surface area contributed by atoms with Crippen LogP contribution in [0.5, 0.6) is 5.75 Å². The minimum absolute atomic E-state index is 0.0420. The number of hydrogen-bond acceptors (Lipinski definition) is 9. The number of ketones is 1. The van der Waals surface area contributed by atoms with E-state index in [0.29, 0.717) is 17.5 Å². The SMILES string of the molecule is B=C1C(C(N)=O)=C(O)[C@@H](N(C)C)[C@@H]2C[C@@H]3Cc4c(N(C)C)cc(COC)c(O)c4C(=O)C3=C(O)[C@]12O. The zero-order valence-electron chi connectivity index (χ0n) is 21.1. The number of rotatable bonds is 5. The van der Waals surface area contributed by atoms with E-state index in [1.165, 1.54) is 7.11 Å². The molecular weight excluding hydrogens is 465 g/mol. The number of amides is 1. The predicted octanol–water partition coefficient (Wildman–Crippen LogP) is -0.163. The third-order valence-electron chi connectivity index (χ3n) is 7.75. The van der Waals surface area contributed by atoms with Crippen LogP contribution in [-0.4, -0.2) is 96.9 Å². The average molecular weight is 497 g/mol. The summed E-state index contributed by atoms with van der Waals surface area (Å²) in [5, 5.41) is 45.4. The summed E-state index contributed by atoms with van der Waals surface area (Å²) in [5.41, 5.74) is 4.44. The van der Waals surface area contributed by atoms with Crippen LogP contribution >= 0.6 is 0 Å². The fourth-order valence-corrected chi connectivity index (χ4v) is 6.18. The van der Waals surface area contributed by atoms with Crippen molar-refractivity contribution in [3.8, 4) is 5.75 Å². The molecule has 0 saturated carbocycles. The molecule has 4 rings (SSSR count). The van der Waals surface area contributed by atoms with Crippen molar-refractivity contribution in [1.29, 1.82) is 0 Å². The Bertz CT molecular complexity index is 1250. The number of anilines is 1. The zero-order valence-corrected chi connectivity index (χ0v) is 21.1. The predicted molar refractivity (Wildman–Crippen MR) is 136 cm³/mol. The number of Topliss-reactive ketones (excluding diaryl/α,β-unsaturated/α-hetero) is 1. The molecule has 3 aliphatic rings. The standard InChI is InChI=1S/C25H32BN3O7/c1-28(2)14-8-11(9-36-5)19(30)16-12(14)6-10-7-13-18(29(3)4)21(32)17(24(27)34)22(26)25(13,35)23(33)15(10)20(16)31/h8,10,13,18,26,30,32-33,35H,6-7,9H2,1-5H3,(H2,27,34)/t10-,13-,18-,25+/m0/s1. The molecule has 1 amide bonds. The van der Waals surface area contributed by atoms with Gasteiger partial charge in [0.1, 0.15) is 0 Å². The maximum atomic E-state index is 13.9. The van der Waals surface area contributed by atoms with Crippen LogP contribution in [0.3, 0.4) is 0 Å². The van der Waals surface area contributed by atoms with E-state index < -0.39 is 40.9 Å². The van der Waals surface area contributed by atoms with Crippen molar-refractivity contribution < 1.29 is 34.8 Å². The second kappa shape index (κ2) is 8.76. The minimum atomic E-state index is -2.21. The molecule has 0 bridgehead atoms. The molecule has 0 fully saturated rings. The number of ether oxygens (including phenoxy) is 1. The van der Waals surface area contributed by atoms with Crippen molar-refractivity contribution in [2.24, 2.45) is 17.6 Å². The van der Waals surface area contributed by atoms with Crippen LogP contribution in [0.4, 0.5) is 5.69 Å². The fraction of sp³-hybridized carbons (Fsp3) is 0.480. The van der Waals surface area contributed by atoms with Gasteiger partial charge in [-0.2, -0.15) is 0 Å². The third kappa shape index (κ3) is 3.41. The first-order valence-electron chi connectivity index (χ1n) is 11.6. The van der Waals surface area contributed by atoms with E-state index in [0.717, 1.165) is 5.69 Å². The summed E-state index contributed by atoms with van der Waals surface area (Å²) in [5.74, 6) is -4.16. The Morgan fingerprint density at radius 2 is 1.89 bits per heavy atom. The van der Waals surface area contributed by atoms with E-state index in [-0.39, 0.29) is 46.7 Å². The van der Waals surface area contributed by atoms with Crippen LogP contribution in [0.15, 0.2) is 28.7 Å². The quantitative estimate of drug-likeness (QED) is 0.349. The normalized spacial score (nSPS) is 27.7. The number of carbonyl (C=O) groups is 2. The zero-order chi connectivity index (χ0) is 26.9. The van der Waals surface area contributed by atoms with Crippen molar-refractivity contribution in [2.45, 2.75) is 31.1 Å². The molecule has 1 aromatic rings. The Kier molecular flexibility index (Phi) is 6.31. The molecule has 6 N–H and O–H groups in total. The first-order valence-corrected chi connectivity index (χ1v) is 11.6. The summed E-state index contributed by atoms with van der Waals surface area (Å²) in [6.07, 6.45) is 0.508. The second-order valence-electron chi connectivity index (χ2n) is 10.2. The Hall–Kier alpha value is -3.15. The van der Waals surface area contributed by atoms with E-state index in [4.69, 9.17) is 10.5 Å². The van der Waals surface area contributed by atoms with Crippen molar-refractivity contribution in [3.63, 3.8) is 0 Å². The molecule has 3 aliphatic carbocycles. The molecular formula is C25H32BN3O7. The maximum absolute atomic E-state index is 13.9. The van der Waals surface area contributed by atoms with Crippen molar-refractivity contribution >= 4 is 30.3 Å². The number of nitrogens with zero attached hydrogens (tertiary/aromatic N) is 2. The van der Waals surface area contributed by atoms with Crippen LogP contribution in [0, 0.1) is 11.8 Å². The average Bonchev–Trinajstić information content (AvgIpc) is 2.77. The number of allylic oxidation sites excluding steroid dienone is 1. The number of phenolic OH excluding ortho intramolecular Hbond substituents is 1. The molecule has 0 aliphatic heterocycles. The summed E-state index contributed by atoms with van der Waals surface area (Å²) < 4.78 is 5.20. The number of likely N-dealkylation sites (N-methyl/N-ethyl adjacent to an activating group) is 1. The van der Waals surface area contributed by atoms with Gasteiger partial charge in [-0.15, -0.1) is 0 Å². The number of benzene rings is 1. The van der Waals surface area contributed by atoms with Gasteiger partial charge >= 0.3 is 210 Å². The summed E-state index contributed by atoms with van der Waals surface area (Å²) in [6, 6.07) is 0.909. The van der Waals surface area contributed by atoms with Gasteiger partial charge in [0, 0.05) is 0 Å². The van der Waals surface area contributed by atoms with Crippen LogP contribution in [0.1, 0.15) is 27.9 Å². The van der Waals surface area contributed by atoms with Crippen LogP contribution in [0.2, 0.25) is 0 Å². The number of fused-ring (bicyclic) bond motifs is 3. The summed E-state index contributed by atoms with van der Waals surface area (Å²) in [4.78, 5) is 29.6. The van der Waals surface area contributed by atoms with Gasteiger partial charge < -0.3 is 0 Å². The number of aliphatic hydroxyl groups is 3. The van der Waals surface area contributed by atoms with Crippen molar-refractivity contribution in [3.05, 3.63) is 45.4 Å². The summed E-state index contributed by atoms with van der Waals surface area (Å²) >= 11 is 0. The Morgan fingerprint density at radius 1 is 1.25 bits per heavy atom. The number of aromatic hydroxyl groups is 1. The van der Waals surface area contributed by atoms with Gasteiger partial charge in [0.05, 0.1) is 0 Å². The van der Waals surface area contributed by atoms with Crippen LogP contribution in [0.25, 0.3) is 0 Å². The molecule has 11 heteroatoms. The molecule has 0 spiro atoms. The van der Waals surface area contributed by atoms with E-state index in [9.17, 15) is 30.0 Å². The number of methoxy groups -OCH3 is 1. The first kappa shape index (κ1) is 25.9. The Labute approximate surface area is 210 Å². The number of nitrogens with two attached hydrogens (primary N) is 1. The molecule has 36 heavy (non-hydrogen) atoms. The summed E-state index contributed by atoms with van der Waals surface area (Å²) in [7, 11) is 12.3. The number of aliphatic hydroxyl groups excluding tert-OH is 2. The number of phenols is 1. The molecule has 4 atom stereocenters. The van der Waals surface area contributed by atoms with E-state index in [2.05, 4.69) is 7.49 Å².